The molecule has 0 bridgehead atoms. The zero-order chi connectivity index (χ0) is 21.5. The fraction of sp³-hybridized carbons (Fsp3) is 0.143. The molecule has 0 aliphatic carbocycles. The van der Waals surface area contributed by atoms with Crippen LogP contribution in [0.3, 0.4) is 0 Å². The van der Waals surface area contributed by atoms with Crippen LogP contribution in [0.5, 0.6) is 5.75 Å². The van der Waals surface area contributed by atoms with Gasteiger partial charge in [0.1, 0.15) is 18.2 Å². The van der Waals surface area contributed by atoms with Crippen molar-refractivity contribution in [2.24, 2.45) is 7.05 Å². The molecule has 2 aromatic carbocycles. The van der Waals surface area contributed by atoms with Gasteiger partial charge in [0.05, 0.1) is 16.7 Å². The predicted octanol–water partition coefficient (Wildman–Crippen LogP) is 5.27. The normalized spacial score (nSPS) is 11.8. The van der Waals surface area contributed by atoms with Gasteiger partial charge in [0.2, 0.25) is 3.79 Å². The number of rotatable bonds is 4. The third-order valence-electron chi connectivity index (χ3n) is 4.61. The minimum Gasteiger partial charge on any atom is -0.489 e. The number of imidazole rings is 1. The number of benzene rings is 2. The molecule has 0 atom stereocenters. The molecule has 0 aliphatic heterocycles. The summed E-state index contributed by atoms with van der Waals surface area (Å²) in [7, 11) is 1.74. The highest BCUT2D eigenvalue weighted by Gasteiger charge is 2.29. The summed E-state index contributed by atoms with van der Waals surface area (Å²) in [6, 6.07) is 14.4. The van der Waals surface area contributed by atoms with E-state index in [4.69, 9.17) is 39.5 Å². The lowest BCUT2D eigenvalue weighted by atomic mass is 10.2. The van der Waals surface area contributed by atoms with Gasteiger partial charge in [0, 0.05) is 19.3 Å². The van der Waals surface area contributed by atoms with Gasteiger partial charge >= 0.3 is 0 Å². The highest BCUT2D eigenvalue weighted by Crippen LogP contribution is 2.38. The molecular weight excluding hydrogens is 452 g/mol. The molecule has 0 spiro atoms. The molecule has 5 nitrogen and oxygen atoms in total. The van der Waals surface area contributed by atoms with Crippen molar-refractivity contribution in [2.45, 2.75) is 10.4 Å². The summed E-state index contributed by atoms with van der Waals surface area (Å²) in [5, 5.41) is 0. The molecule has 9 heteroatoms. The van der Waals surface area contributed by atoms with E-state index < -0.39 is 3.79 Å². The third kappa shape index (κ3) is 4.17. The van der Waals surface area contributed by atoms with Gasteiger partial charge in [-0.3, -0.25) is 9.36 Å². The Morgan fingerprint density at radius 3 is 2.47 bits per heavy atom. The predicted molar refractivity (Wildman–Crippen MR) is 116 cm³/mol. The Morgan fingerprint density at radius 1 is 1.07 bits per heavy atom. The smallest absolute Gasteiger partial charge is 0.258 e. The second-order valence-electron chi connectivity index (χ2n) is 6.65. The van der Waals surface area contributed by atoms with Gasteiger partial charge < -0.3 is 9.30 Å². The zero-order valence-electron chi connectivity index (χ0n) is 15.7. The van der Waals surface area contributed by atoms with Crippen molar-refractivity contribution in [3.63, 3.8) is 0 Å². The maximum Gasteiger partial charge on any atom is 0.258 e. The van der Waals surface area contributed by atoms with Crippen LogP contribution < -0.4 is 10.3 Å². The number of hydrogen-bond donors (Lipinski definition) is 0. The Hall–Kier alpha value is -2.54. The molecule has 30 heavy (non-hydrogen) atoms. The van der Waals surface area contributed by atoms with Crippen LogP contribution in [0, 0.1) is 5.82 Å². The number of pyridine rings is 1. The average Bonchev–Trinajstić information content (AvgIpc) is 3.04. The van der Waals surface area contributed by atoms with E-state index in [0.29, 0.717) is 17.0 Å². The van der Waals surface area contributed by atoms with Crippen molar-refractivity contribution >= 4 is 45.8 Å². The molecular formula is C21H15Cl3FN3O2. The molecule has 2 heterocycles. The number of hydrogen-bond acceptors (Lipinski definition) is 3. The number of aromatic nitrogens is 3. The van der Waals surface area contributed by atoms with Crippen molar-refractivity contribution in [1.82, 2.24) is 14.1 Å². The van der Waals surface area contributed by atoms with E-state index in [1.807, 2.05) is 0 Å². The molecule has 0 saturated heterocycles. The molecule has 0 saturated carbocycles. The van der Waals surface area contributed by atoms with Crippen LogP contribution in [0.25, 0.3) is 16.7 Å². The highest BCUT2D eigenvalue weighted by molar-refractivity contribution is 6.66. The SMILES string of the molecule is Cn1c(C(Cl)(Cl)Cl)nc2ccc(-n3ccc(OCc4ccc(F)cc4)cc3=O)cc21. The summed E-state index contributed by atoms with van der Waals surface area (Å²) < 4.78 is 20.1. The standard InChI is InChI=1S/C21H15Cl3FN3O2/c1-27-18-10-15(6-7-17(18)26-20(27)21(22,23)24)28-9-8-16(11-19(28)29)30-12-13-2-4-14(25)5-3-13/h2-11H,12H2,1H3. The summed E-state index contributed by atoms with van der Waals surface area (Å²) in [4.78, 5) is 17.0. The van der Waals surface area contributed by atoms with Gasteiger partial charge in [-0.15, -0.1) is 0 Å². The van der Waals surface area contributed by atoms with Crippen LogP contribution in [0.15, 0.2) is 65.6 Å². The van der Waals surface area contributed by atoms with Gasteiger partial charge in [0.15, 0.2) is 5.82 Å². The number of aryl methyl sites for hydroxylation is 1. The van der Waals surface area contributed by atoms with Crippen molar-refractivity contribution < 1.29 is 9.13 Å². The van der Waals surface area contributed by atoms with Gasteiger partial charge in [0.25, 0.3) is 5.56 Å². The fourth-order valence-corrected chi connectivity index (χ4v) is 3.60. The largest absolute Gasteiger partial charge is 0.489 e. The van der Waals surface area contributed by atoms with Gasteiger partial charge in [-0.1, -0.05) is 46.9 Å². The maximum absolute atomic E-state index is 13.0. The van der Waals surface area contributed by atoms with E-state index >= 15 is 0 Å². The Labute approximate surface area is 186 Å². The minimum absolute atomic E-state index is 0.227. The molecule has 0 radical (unpaired) electrons. The molecule has 0 N–H and O–H groups in total. The second kappa shape index (κ2) is 7.95. The van der Waals surface area contributed by atoms with E-state index in [0.717, 1.165) is 11.1 Å². The summed E-state index contributed by atoms with van der Waals surface area (Å²) in [6.45, 7) is 0.227. The maximum atomic E-state index is 13.0. The van der Waals surface area contributed by atoms with E-state index in [2.05, 4.69) is 4.98 Å². The van der Waals surface area contributed by atoms with Crippen LogP contribution in [-0.4, -0.2) is 14.1 Å². The molecule has 2 aromatic heterocycles. The third-order valence-corrected chi connectivity index (χ3v) is 5.11. The van der Waals surface area contributed by atoms with Gasteiger partial charge in [-0.05, 0) is 42.0 Å². The number of alkyl halides is 3. The molecule has 4 aromatic rings. The first-order valence-electron chi connectivity index (χ1n) is 8.86. The zero-order valence-corrected chi connectivity index (χ0v) is 17.9. The quantitative estimate of drug-likeness (QED) is 0.385. The van der Waals surface area contributed by atoms with Crippen molar-refractivity contribution in [2.75, 3.05) is 0 Å². The number of halogens is 4. The first kappa shape index (κ1) is 20.7. The lowest BCUT2D eigenvalue weighted by Gasteiger charge is -2.11. The lowest BCUT2D eigenvalue weighted by Crippen LogP contribution is -2.16. The summed E-state index contributed by atoms with van der Waals surface area (Å²) in [5.74, 6) is 0.393. The summed E-state index contributed by atoms with van der Waals surface area (Å²) >= 11 is 17.9. The van der Waals surface area contributed by atoms with Gasteiger partial charge in [-0.2, -0.15) is 0 Å². The van der Waals surface area contributed by atoms with E-state index in [1.165, 1.54) is 22.8 Å². The molecule has 0 unspecified atom stereocenters. The Bertz CT molecular complexity index is 1280. The highest BCUT2D eigenvalue weighted by atomic mass is 35.6. The molecule has 0 aliphatic rings. The topological polar surface area (TPSA) is 49.0 Å². The summed E-state index contributed by atoms with van der Waals surface area (Å²) in [6.07, 6.45) is 1.62. The molecule has 0 amide bonds. The van der Waals surface area contributed by atoms with Crippen molar-refractivity contribution in [3.8, 4) is 11.4 Å². The van der Waals surface area contributed by atoms with Crippen LogP contribution >= 0.6 is 34.8 Å². The van der Waals surface area contributed by atoms with Crippen LogP contribution in [0.2, 0.25) is 0 Å². The number of ether oxygens (including phenoxy) is 1. The van der Waals surface area contributed by atoms with Crippen molar-refractivity contribution in [1.29, 1.82) is 0 Å². The second-order valence-corrected chi connectivity index (χ2v) is 8.93. The molecule has 0 fully saturated rings. The average molecular weight is 467 g/mol. The Balaban J connectivity index is 1.61. The number of fused-ring (bicyclic) bond motifs is 1. The van der Waals surface area contributed by atoms with Gasteiger partial charge in [-0.25, -0.2) is 9.37 Å². The van der Waals surface area contributed by atoms with Crippen LogP contribution in [0.4, 0.5) is 4.39 Å². The molecule has 4 rings (SSSR count). The van der Waals surface area contributed by atoms with E-state index in [-0.39, 0.29) is 23.8 Å². The number of nitrogens with zero attached hydrogens (tertiary/aromatic N) is 3. The minimum atomic E-state index is -1.66. The Kier molecular flexibility index (Phi) is 5.49. The van der Waals surface area contributed by atoms with E-state index in [9.17, 15) is 9.18 Å². The monoisotopic (exact) mass is 465 g/mol. The first-order chi connectivity index (χ1) is 14.2. The fourth-order valence-electron chi connectivity index (χ4n) is 3.09. The Morgan fingerprint density at radius 2 is 1.80 bits per heavy atom. The van der Waals surface area contributed by atoms with E-state index in [1.54, 1.807) is 54.2 Å². The lowest BCUT2D eigenvalue weighted by molar-refractivity contribution is 0.305. The first-order valence-corrected chi connectivity index (χ1v) is 10.00. The van der Waals surface area contributed by atoms with Crippen LogP contribution in [0.1, 0.15) is 11.4 Å². The van der Waals surface area contributed by atoms with Crippen molar-refractivity contribution in [3.05, 3.63) is 88.4 Å². The summed E-state index contributed by atoms with van der Waals surface area (Å²) in [5.41, 5.74) is 2.53. The van der Waals surface area contributed by atoms with Crippen LogP contribution in [-0.2, 0) is 17.4 Å². The molecule has 154 valence electrons.